The van der Waals surface area contributed by atoms with Crippen molar-refractivity contribution >= 4 is 50.7 Å². The van der Waals surface area contributed by atoms with Crippen LogP contribution in [0.15, 0.2) is 34.8 Å². The summed E-state index contributed by atoms with van der Waals surface area (Å²) in [6.07, 6.45) is 0. The quantitative estimate of drug-likeness (QED) is 0.753. The van der Waals surface area contributed by atoms with E-state index in [1.165, 1.54) is 18.2 Å². The molecule has 0 saturated carbocycles. The molecule has 2 rings (SSSR count). The third-order valence-corrected chi connectivity index (χ3v) is 3.64. The summed E-state index contributed by atoms with van der Waals surface area (Å²) in [6, 6.07) is 5.79. The lowest BCUT2D eigenvalue weighted by Crippen LogP contribution is -2.13. The predicted molar refractivity (Wildman–Crippen MR) is 78.5 cm³/mol. The lowest BCUT2D eigenvalue weighted by atomic mass is 10.2. The smallest absolute Gasteiger partial charge is 0.255 e. The Morgan fingerprint density at radius 2 is 1.80 bits per heavy atom. The average Bonchev–Trinajstić information content (AvgIpc) is 2.36. The molecule has 0 heterocycles. The average molecular weight is 381 g/mol. The van der Waals surface area contributed by atoms with Crippen molar-refractivity contribution in [1.82, 2.24) is 0 Å². The molecule has 0 atom stereocenters. The highest BCUT2D eigenvalue weighted by Gasteiger charge is 2.14. The molecule has 0 fully saturated rings. The lowest BCUT2D eigenvalue weighted by Gasteiger charge is -2.10. The molecule has 0 aromatic heterocycles. The molecule has 1 amide bonds. The van der Waals surface area contributed by atoms with E-state index in [0.717, 1.165) is 12.1 Å². The third kappa shape index (κ3) is 3.29. The van der Waals surface area contributed by atoms with Gasteiger partial charge in [-0.05, 0) is 46.3 Å². The molecular weight excluding hydrogens is 375 g/mol. The number of halogens is 5. The van der Waals surface area contributed by atoms with E-state index >= 15 is 0 Å². The van der Waals surface area contributed by atoms with Gasteiger partial charge in [0, 0.05) is 10.0 Å². The molecule has 20 heavy (non-hydrogen) atoms. The first-order valence-corrected chi connectivity index (χ1v) is 6.84. The van der Waals surface area contributed by atoms with E-state index in [4.69, 9.17) is 23.2 Å². The van der Waals surface area contributed by atoms with E-state index in [0.29, 0.717) is 4.47 Å². The monoisotopic (exact) mass is 379 g/mol. The highest BCUT2D eigenvalue weighted by Crippen LogP contribution is 2.32. The number of hydrogen-bond donors (Lipinski definition) is 1. The van der Waals surface area contributed by atoms with Gasteiger partial charge in [-0.1, -0.05) is 23.2 Å². The number of rotatable bonds is 2. The molecule has 1 N–H and O–H groups in total. The molecule has 2 aromatic carbocycles. The van der Waals surface area contributed by atoms with E-state index in [2.05, 4.69) is 21.2 Å². The van der Waals surface area contributed by atoms with E-state index in [9.17, 15) is 13.6 Å². The van der Waals surface area contributed by atoms with Crippen LogP contribution in [0.1, 0.15) is 10.4 Å². The van der Waals surface area contributed by atoms with Gasteiger partial charge in [0.1, 0.15) is 11.6 Å². The van der Waals surface area contributed by atoms with Gasteiger partial charge in [-0.25, -0.2) is 8.78 Å². The minimum atomic E-state index is -0.621. The van der Waals surface area contributed by atoms with Gasteiger partial charge in [-0.3, -0.25) is 4.79 Å². The Kier molecular flexibility index (Phi) is 4.62. The van der Waals surface area contributed by atoms with Crippen LogP contribution in [0.25, 0.3) is 0 Å². The van der Waals surface area contributed by atoms with Crippen molar-refractivity contribution in [2.45, 2.75) is 0 Å². The topological polar surface area (TPSA) is 29.1 Å². The van der Waals surface area contributed by atoms with E-state index in [1.807, 2.05) is 0 Å². The van der Waals surface area contributed by atoms with Crippen molar-refractivity contribution in [2.24, 2.45) is 0 Å². The van der Waals surface area contributed by atoms with E-state index < -0.39 is 17.5 Å². The second-order valence-corrected chi connectivity index (χ2v) is 5.50. The number of carbonyl (C=O) groups excluding carboxylic acids is 1. The standard InChI is InChI=1S/C13H6BrCl2F2NO/c14-8-4-7(17)5-10(16)12(8)19-13(20)6-1-2-11(18)9(15)3-6/h1-5H,(H,19,20). The Morgan fingerprint density at radius 1 is 1.10 bits per heavy atom. The number of hydrogen-bond acceptors (Lipinski definition) is 1. The van der Waals surface area contributed by atoms with Gasteiger partial charge >= 0.3 is 0 Å². The van der Waals surface area contributed by atoms with E-state index in [1.54, 1.807) is 0 Å². The second-order valence-electron chi connectivity index (χ2n) is 3.83. The van der Waals surface area contributed by atoms with Crippen LogP contribution in [0, 0.1) is 11.6 Å². The first-order chi connectivity index (χ1) is 9.38. The predicted octanol–water partition coefficient (Wildman–Crippen LogP) is 5.29. The molecule has 2 nitrogen and oxygen atoms in total. The van der Waals surface area contributed by atoms with Gasteiger partial charge in [0.25, 0.3) is 5.91 Å². The maximum absolute atomic E-state index is 13.1. The maximum Gasteiger partial charge on any atom is 0.255 e. The summed E-state index contributed by atoms with van der Waals surface area (Å²) in [5.74, 6) is -1.70. The highest BCUT2D eigenvalue weighted by molar-refractivity contribution is 9.10. The molecule has 0 bridgehead atoms. The Hall–Kier alpha value is -1.17. The third-order valence-electron chi connectivity index (χ3n) is 2.43. The van der Waals surface area contributed by atoms with Crippen LogP contribution >= 0.6 is 39.1 Å². The van der Waals surface area contributed by atoms with Crippen molar-refractivity contribution in [3.63, 3.8) is 0 Å². The SMILES string of the molecule is O=C(Nc1c(Cl)cc(F)cc1Br)c1ccc(F)c(Cl)c1. The zero-order chi connectivity index (χ0) is 14.9. The van der Waals surface area contributed by atoms with Crippen LogP contribution in [-0.2, 0) is 0 Å². The summed E-state index contributed by atoms with van der Waals surface area (Å²) in [4.78, 5) is 12.0. The summed E-state index contributed by atoms with van der Waals surface area (Å²) in [5, 5.41) is 2.38. The van der Waals surface area contributed by atoms with Gasteiger partial charge < -0.3 is 5.32 Å². The number of anilines is 1. The summed E-state index contributed by atoms with van der Waals surface area (Å²) < 4.78 is 26.4. The van der Waals surface area contributed by atoms with Crippen LogP contribution in [0.2, 0.25) is 10.0 Å². The van der Waals surface area contributed by atoms with Crippen LogP contribution in [0.5, 0.6) is 0 Å². The van der Waals surface area contributed by atoms with Crippen molar-refractivity contribution in [3.8, 4) is 0 Å². The van der Waals surface area contributed by atoms with Gasteiger partial charge in [-0.15, -0.1) is 0 Å². The minimum absolute atomic E-state index is 0.0402. The Balaban J connectivity index is 2.30. The lowest BCUT2D eigenvalue weighted by molar-refractivity contribution is 0.102. The molecule has 0 spiro atoms. The minimum Gasteiger partial charge on any atom is -0.320 e. The Labute approximate surface area is 131 Å². The first-order valence-electron chi connectivity index (χ1n) is 5.29. The molecule has 7 heteroatoms. The fourth-order valence-electron chi connectivity index (χ4n) is 1.48. The van der Waals surface area contributed by atoms with Crippen molar-refractivity contribution < 1.29 is 13.6 Å². The zero-order valence-electron chi connectivity index (χ0n) is 9.68. The van der Waals surface area contributed by atoms with E-state index in [-0.39, 0.29) is 21.3 Å². The number of benzene rings is 2. The van der Waals surface area contributed by atoms with Crippen LogP contribution in [0.3, 0.4) is 0 Å². The molecular formula is C13H6BrCl2F2NO. The summed E-state index contributed by atoms with van der Waals surface area (Å²) >= 11 is 14.6. The van der Waals surface area contributed by atoms with Gasteiger partial charge in [0.05, 0.1) is 15.7 Å². The van der Waals surface area contributed by atoms with Crippen molar-refractivity contribution in [2.75, 3.05) is 5.32 Å². The summed E-state index contributed by atoms with van der Waals surface area (Å²) in [7, 11) is 0. The van der Waals surface area contributed by atoms with Crippen molar-refractivity contribution in [3.05, 3.63) is 62.0 Å². The zero-order valence-corrected chi connectivity index (χ0v) is 12.8. The first kappa shape index (κ1) is 15.2. The van der Waals surface area contributed by atoms with Crippen LogP contribution < -0.4 is 5.32 Å². The largest absolute Gasteiger partial charge is 0.320 e. The molecule has 104 valence electrons. The number of carbonyl (C=O) groups is 1. The van der Waals surface area contributed by atoms with Crippen molar-refractivity contribution in [1.29, 1.82) is 0 Å². The van der Waals surface area contributed by atoms with Gasteiger partial charge in [-0.2, -0.15) is 0 Å². The molecule has 0 unspecified atom stereocenters. The normalized spacial score (nSPS) is 10.4. The second kappa shape index (κ2) is 6.08. The number of amides is 1. The molecule has 0 saturated heterocycles. The maximum atomic E-state index is 13.1. The molecule has 0 aliphatic rings. The van der Waals surface area contributed by atoms with Crippen LogP contribution in [-0.4, -0.2) is 5.91 Å². The highest BCUT2D eigenvalue weighted by atomic mass is 79.9. The molecule has 0 radical (unpaired) electrons. The Bertz CT molecular complexity index is 671. The van der Waals surface area contributed by atoms with Crippen LogP contribution in [0.4, 0.5) is 14.5 Å². The Morgan fingerprint density at radius 3 is 2.40 bits per heavy atom. The van der Waals surface area contributed by atoms with Gasteiger partial charge in [0.2, 0.25) is 0 Å². The summed E-state index contributed by atoms with van der Waals surface area (Å²) in [6.45, 7) is 0. The van der Waals surface area contributed by atoms with Gasteiger partial charge in [0.15, 0.2) is 0 Å². The molecule has 0 aliphatic carbocycles. The molecule has 2 aromatic rings. The number of nitrogens with one attached hydrogen (secondary N) is 1. The fourth-order valence-corrected chi connectivity index (χ4v) is 2.56. The molecule has 0 aliphatic heterocycles. The summed E-state index contributed by atoms with van der Waals surface area (Å²) in [5.41, 5.74) is 0.377. The fraction of sp³-hybridized carbons (Fsp3) is 0.